The zero-order valence-electron chi connectivity index (χ0n) is 11.5. The lowest BCUT2D eigenvalue weighted by molar-refractivity contribution is 1.04. The molecule has 0 aromatic carbocycles. The molecule has 3 aromatic heterocycles. The summed E-state index contributed by atoms with van der Waals surface area (Å²) in [6, 6.07) is 6.22. The molecule has 0 saturated carbocycles. The van der Waals surface area contributed by atoms with E-state index in [-0.39, 0.29) is 0 Å². The maximum atomic E-state index is 5.80. The van der Waals surface area contributed by atoms with Crippen LogP contribution in [0.5, 0.6) is 0 Å². The van der Waals surface area contributed by atoms with E-state index in [0.717, 1.165) is 26.0 Å². The number of fused-ring (bicyclic) bond motifs is 1. The third-order valence-corrected chi connectivity index (χ3v) is 4.64. The van der Waals surface area contributed by atoms with Crippen molar-refractivity contribution >= 4 is 39.3 Å². The van der Waals surface area contributed by atoms with Gasteiger partial charge in [0.1, 0.15) is 14.9 Å². The number of aryl methyl sites for hydroxylation is 3. The first kappa shape index (κ1) is 13.3. The number of nitrogens with zero attached hydrogens (tertiary/aromatic N) is 3. The lowest BCUT2D eigenvalue weighted by Gasteiger charge is -2.05. The van der Waals surface area contributed by atoms with E-state index in [1.165, 1.54) is 22.2 Å². The van der Waals surface area contributed by atoms with E-state index >= 15 is 0 Å². The Balaban J connectivity index is 2.09. The molecule has 0 saturated heterocycles. The Hall–Kier alpha value is -1.66. The van der Waals surface area contributed by atoms with E-state index in [2.05, 4.69) is 47.0 Å². The summed E-state index contributed by atoms with van der Waals surface area (Å²) in [4.78, 5) is 15.3. The van der Waals surface area contributed by atoms with E-state index in [1.807, 2.05) is 6.92 Å². The molecule has 3 heterocycles. The first-order chi connectivity index (χ1) is 9.51. The number of thiophene rings is 1. The van der Waals surface area contributed by atoms with Gasteiger partial charge in [-0.1, -0.05) is 0 Å². The van der Waals surface area contributed by atoms with Crippen molar-refractivity contribution in [3.05, 3.63) is 34.3 Å². The summed E-state index contributed by atoms with van der Waals surface area (Å²) >= 11 is 3.17. The van der Waals surface area contributed by atoms with Crippen LogP contribution in [0.1, 0.15) is 16.1 Å². The maximum Gasteiger partial charge on any atom is 0.222 e. The quantitative estimate of drug-likeness (QED) is 0.730. The van der Waals surface area contributed by atoms with Crippen molar-refractivity contribution in [1.82, 2.24) is 15.0 Å². The van der Waals surface area contributed by atoms with Gasteiger partial charge in [0.2, 0.25) is 5.95 Å². The summed E-state index contributed by atoms with van der Waals surface area (Å²) in [5, 5.41) is 2.85. The van der Waals surface area contributed by atoms with Crippen LogP contribution in [0.3, 0.4) is 0 Å². The molecule has 0 bridgehead atoms. The molecule has 0 radical (unpaired) electrons. The largest absolute Gasteiger partial charge is 0.368 e. The Morgan fingerprint density at radius 1 is 1.05 bits per heavy atom. The molecular formula is C14H14N4S2. The molecule has 0 unspecified atom stereocenters. The maximum absolute atomic E-state index is 5.80. The molecule has 0 amide bonds. The number of rotatable bonds is 2. The fraction of sp³-hybridized carbons (Fsp3) is 0.214. The molecule has 3 aromatic rings. The van der Waals surface area contributed by atoms with Crippen LogP contribution in [0.25, 0.3) is 10.2 Å². The van der Waals surface area contributed by atoms with Gasteiger partial charge in [-0.05, 0) is 56.3 Å². The summed E-state index contributed by atoms with van der Waals surface area (Å²) in [6.45, 7) is 6.12. The Bertz CT molecular complexity index is 775. The SMILES string of the molecule is Cc1cc(C)nc(Sc2nc(N)nc3sc(C)cc23)c1. The summed E-state index contributed by atoms with van der Waals surface area (Å²) in [6.07, 6.45) is 0. The van der Waals surface area contributed by atoms with Gasteiger partial charge in [-0.3, -0.25) is 0 Å². The van der Waals surface area contributed by atoms with Crippen molar-refractivity contribution in [2.75, 3.05) is 5.73 Å². The standard InChI is InChI=1S/C14H14N4S2/c1-7-4-8(2)16-11(5-7)20-13-10-6-9(3)19-12(10)17-14(15)18-13/h4-6H,1-3H3,(H2,15,17,18). The average molecular weight is 302 g/mol. The molecule has 2 N–H and O–H groups in total. The number of nitrogen functional groups attached to an aromatic ring is 1. The zero-order chi connectivity index (χ0) is 14.3. The summed E-state index contributed by atoms with van der Waals surface area (Å²) < 4.78 is 0. The van der Waals surface area contributed by atoms with Gasteiger partial charge in [-0.2, -0.15) is 0 Å². The van der Waals surface area contributed by atoms with Crippen molar-refractivity contribution in [1.29, 1.82) is 0 Å². The third-order valence-electron chi connectivity index (χ3n) is 2.77. The van der Waals surface area contributed by atoms with Gasteiger partial charge < -0.3 is 5.73 Å². The van der Waals surface area contributed by atoms with Gasteiger partial charge in [-0.15, -0.1) is 11.3 Å². The molecule has 0 spiro atoms. The van der Waals surface area contributed by atoms with Crippen molar-refractivity contribution in [2.24, 2.45) is 0 Å². The number of nitrogens with two attached hydrogens (primary N) is 1. The van der Waals surface area contributed by atoms with Gasteiger partial charge in [0.05, 0.1) is 0 Å². The second-order valence-corrected chi connectivity index (χ2v) is 6.93. The minimum absolute atomic E-state index is 0.311. The van der Waals surface area contributed by atoms with Crippen LogP contribution < -0.4 is 5.73 Å². The van der Waals surface area contributed by atoms with Crippen molar-refractivity contribution in [3.63, 3.8) is 0 Å². The molecule has 0 atom stereocenters. The minimum Gasteiger partial charge on any atom is -0.368 e. The Morgan fingerprint density at radius 3 is 2.60 bits per heavy atom. The van der Waals surface area contributed by atoms with Crippen molar-refractivity contribution < 1.29 is 0 Å². The summed E-state index contributed by atoms with van der Waals surface area (Å²) in [7, 11) is 0. The first-order valence-corrected chi connectivity index (χ1v) is 7.81. The molecule has 6 heteroatoms. The van der Waals surface area contributed by atoms with E-state index in [1.54, 1.807) is 11.3 Å². The van der Waals surface area contributed by atoms with Gasteiger partial charge in [0, 0.05) is 16.0 Å². The van der Waals surface area contributed by atoms with Gasteiger partial charge >= 0.3 is 0 Å². The second kappa shape index (κ2) is 5.03. The molecule has 3 rings (SSSR count). The fourth-order valence-electron chi connectivity index (χ4n) is 2.06. The summed E-state index contributed by atoms with van der Waals surface area (Å²) in [5.41, 5.74) is 8.00. The molecule has 0 aliphatic heterocycles. The highest BCUT2D eigenvalue weighted by Gasteiger charge is 2.11. The number of hydrogen-bond donors (Lipinski definition) is 1. The van der Waals surface area contributed by atoms with Crippen LogP contribution in [-0.4, -0.2) is 15.0 Å². The van der Waals surface area contributed by atoms with Crippen molar-refractivity contribution in [3.8, 4) is 0 Å². The Labute approximate surface area is 125 Å². The van der Waals surface area contributed by atoms with Crippen LogP contribution in [0.2, 0.25) is 0 Å². The van der Waals surface area contributed by atoms with Crippen molar-refractivity contribution in [2.45, 2.75) is 30.8 Å². The predicted molar refractivity (Wildman–Crippen MR) is 84.4 cm³/mol. The number of aromatic nitrogens is 3. The van der Waals surface area contributed by atoms with E-state index in [9.17, 15) is 0 Å². The Kier molecular flexibility index (Phi) is 3.35. The zero-order valence-corrected chi connectivity index (χ0v) is 13.1. The number of hydrogen-bond acceptors (Lipinski definition) is 6. The monoisotopic (exact) mass is 302 g/mol. The molecule has 20 heavy (non-hydrogen) atoms. The molecule has 4 nitrogen and oxygen atoms in total. The van der Waals surface area contributed by atoms with Crippen LogP contribution in [0, 0.1) is 20.8 Å². The van der Waals surface area contributed by atoms with Gasteiger partial charge in [-0.25, -0.2) is 15.0 Å². The van der Waals surface area contributed by atoms with Crippen LogP contribution in [-0.2, 0) is 0 Å². The minimum atomic E-state index is 0.311. The van der Waals surface area contributed by atoms with E-state index < -0.39 is 0 Å². The highest BCUT2D eigenvalue weighted by molar-refractivity contribution is 7.99. The molecular weight excluding hydrogens is 288 g/mol. The number of anilines is 1. The normalized spacial score (nSPS) is 11.2. The fourth-order valence-corrected chi connectivity index (χ4v) is 4.05. The summed E-state index contributed by atoms with van der Waals surface area (Å²) in [5.74, 6) is 0.311. The molecule has 0 fully saturated rings. The second-order valence-electron chi connectivity index (χ2n) is 4.69. The van der Waals surface area contributed by atoms with Crippen LogP contribution in [0.4, 0.5) is 5.95 Å². The van der Waals surface area contributed by atoms with Gasteiger partial charge in [0.15, 0.2) is 0 Å². The lowest BCUT2D eigenvalue weighted by Crippen LogP contribution is -1.96. The highest BCUT2D eigenvalue weighted by atomic mass is 32.2. The van der Waals surface area contributed by atoms with E-state index in [0.29, 0.717) is 5.95 Å². The molecule has 102 valence electrons. The first-order valence-electron chi connectivity index (χ1n) is 6.18. The molecule has 0 aliphatic rings. The third kappa shape index (κ3) is 2.62. The van der Waals surface area contributed by atoms with Crippen LogP contribution >= 0.6 is 23.1 Å². The topological polar surface area (TPSA) is 64.7 Å². The molecule has 0 aliphatic carbocycles. The average Bonchev–Trinajstić information content (AvgIpc) is 2.68. The van der Waals surface area contributed by atoms with Gasteiger partial charge in [0.25, 0.3) is 0 Å². The van der Waals surface area contributed by atoms with Crippen LogP contribution in [0.15, 0.2) is 28.3 Å². The Morgan fingerprint density at radius 2 is 1.85 bits per heavy atom. The number of pyridine rings is 1. The predicted octanol–water partition coefficient (Wildman–Crippen LogP) is 3.74. The highest BCUT2D eigenvalue weighted by Crippen LogP contribution is 2.35. The van der Waals surface area contributed by atoms with E-state index in [4.69, 9.17) is 5.73 Å². The lowest BCUT2D eigenvalue weighted by atomic mass is 10.3. The smallest absolute Gasteiger partial charge is 0.222 e.